The normalized spacial score (nSPS) is 10.6. The predicted octanol–water partition coefficient (Wildman–Crippen LogP) is 1.96. The van der Waals surface area contributed by atoms with E-state index in [1.165, 1.54) is 5.56 Å². The molecule has 0 saturated heterocycles. The number of nitrogens with zero attached hydrogens (tertiary/aromatic N) is 1. The molecule has 2 rings (SSSR count). The molecule has 0 fully saturated rings. The Morgan fingerprint density at radius 2 is 1.94 bits per heavy atom. The van der Waals surface area contributed by atoms with Crippen LogP contribution < -0.4 is 5.73 Å². The summed E-state index contributed by atoms with van der Waals surface area (Å²) in [7, 11) is 0. The van der Waals surface area contributed by atoms with Gasteiger partial charge in [0.25, 0.3) is 0 Å². The van der Waals surface area contributed by atoms with E-state index in [9.17, 15) is 0 Å². The van der Waals surface area contributed by atoms with Gasteiger partial charge in [0, 0.05) is 17.8 Å². The Kier molecular flexibility index (Phi) is 3.37. The van der Waals surface area contributed by atoms with E-state index < -0.39 is 0 Å². The molecule has 16 heavy (non-hydrogen) atoms. The van der Waals surface area contributed by atoms with Crippen LogP contribution in [0.15, 0.2) is 30.3 Å². The third-order valence-corrected chi connectivity index (χ3v) is 2.86. The van der Waals surface area contributed by atoms with Gasteiger partial charge in [0.15, 0.2) is 0 Å². The highest BCUT2D eigenvalue weighted by Crippen LogP contribution is 2.12. The van der Waals surface area contributed by atoms with E-state index in [0.717, 1.165) is 29.8 Å². The molecule has 0 unspecified atom stereocenters. The van der Waals surface area contributed by atoms with Crippen molar-refractivity contribution in [3.8, 4) is 0 Å². The number of aromatic nitrogens is 2. The van der Waals surface area contributed by atoms with Crippen LogP contribution in [0.2, 0.25) is 0 Å². The molecular formula is C13H17N3. The van der Waals surface area contributed by atoms with Crippen LogP contribution in [-0.4, -0.2) is 10.2 Å². The molecular weight excluding hydrogens is 198 g/mol. The maximum absolute atomic E-state index is 5.70. The summed E-state index contributed by atoms with van der Waals surface area (Å²) in [6, 6.07) is 10.4. The lowest BCUT2D eigenvalue weighted by Gasteiger charge is -2.01. The Labute approximate surface area is 95.7 Å². The number of benzene rings is 1. The summed E-state index contributed by atoms with van der Waals surface area (Å²) in [5, 5.41) is 7.29. The molecule has 0 radical (unpaired) electrons. The molecule has 0 spiro atoms. The lowest BCUT2D eigenvalue weighted by Crippen LogP contribution is -2.02. The van der Waals surface area contributed by atoms with E-state index in [4.69, 9.17) is 5.73 Å². The lowest BCUT2D eigenvalue weighted by atomic mass is 10.1. The van der Waals surface area contributed by atoms with Crippen LogP contribution in [0.3, 0.4) is 0 Å². The first-order valence-electron chi connectivity index (χ1n) is 5.58. The Hall–Kier alpha value is -1.61. The fraction of sp³-hybridized carbons (Fsp3) is 0.308. The maximum Gasteiger partial charge on any atom is 0.0673 e. The van der Waals surface area contributed by atoms with Crippen molar-refractivity contribution in [2.75, 3.05) is 0 Å². The molecule has 2 aromatic rings. The molecule has 0 atom stereocenters. The zero-order valence-electron chi connectivity index (χ0n) is 9.53. The molecule has 3 N–H and O–H groups in total. The summed E-state index contributed by atoms with van der Waals surface area (Å²) < 4.78 is 0. The van der Waals surface area contributed by atoms with Crippen LogP contribution in [-0.2, 0) is 19.4 Å². The molecule has 84 valence electrons. The fourth-order valence-electron chi connectivity index (χ4n) is 1.89. The van der Waals surface area contributed by atoms with Crippen molar-refractivity contribution in [1.82, 2.24) is 10.2 Å². The molecule has 0 amide bonds. The second kappa shape index (κ2) is 4.94. The summed E-state index contributed by atoms with van der Waals surface area (Å²) in [4.78, 5) is 0. The second-order valence-electron chi connectivity index (χ2n) is 3.96. The number of hydrogen-bond donors (Lipinski definition) is 2. The van der Waals surface area contributed by atoms with E-state index in [1.807, 2.05) is 13.0 Å². The summed E-state index contributed by atoms with van der Waals surface area (Å²) in [6.07, 6.45) is 1.96. The number of H-pyrrole nitrogens is 1. The van der Waals surface area contributed by atoms with Crippen LogP contribution in [0.5, 0.6) is 0 Å². The third-order valence-electron chi connectivity index (χ3n) is 2.86. The summed E-state index contributed by atoms with van der Waals surface area (Å²) >= 11 is 0. The SMILES string of the molecule is Cc1[nH]nc(CCc2ccccc2)c1CN. The first-order valence-corrected chi connectivity index (χ1v) is 5.58. The van der Waals surface area contributed by atoms with Crippen LogP contribution >= 0.6 is 0 Å². The minimum absolute atomic E-state index is 0.562. The molecule has 0 aliphatic rings. The maximum atomic E-state index is 5.70. The van der Waals surface area contributed by atoms with E-state index in [0.29, 0.717) is 6.54 Å². The lowest BCUT2D eigenvalue weighted by molar-refractivity contribution is 0.874. The van der Waals surface area contributed by atoms with Crippen molar-refractivity contribution in [2.24, 2.45) is 5.73 Å². The van der Waals surface area contributed by atoms with Crippen molar-refractivity contribution in [2.45, 2.75) is 26.3 Å². The highest BCUT2D eigenvalue weighted by Gasteiger charge is 2.08. The number of rotatable bonds is 4. The summed E-state index contributed by atoms with van der Waals surface area (Å²) in [5.41, 5.74) is 10.4. The first kappa shape index (κ1) is 10.9. The predicted molar refractivity (Wildman–Crippen MR) is 65.1 cm³/mol. The average Bonchev–Trinajstić information content (AvgIpc) is 2.68. The Balaban J connectivity index is 2.05. The van der Waals surface area contributed by atoms with Crippen LogP contribution in [0, 0.1) is 6.92 Å². The number of nitrogens with two attached hydrogens (primary N) is 1. The smallest absolute Gasteiger partial charge is 0.0673 e. The molecule has 0 aliphatic heterocycles. The van der Waals surface area contributed by atoms with Crippen LogP contribution in [0.4, 0.5) is 0 Å². The van der Waals surface area contributed by atoms with Crippen LogP contribution in [0.1, 0.15) is 22.5 Å². The van der Waals surface area contributed by atoms with E-state index in [1.54, 1.807) is 0 Å². The minimum atomic E-state index is 0.562. The van der Waals surface area contributed by atoms with Gasteiger partial charge < -0.3 is 5.73 Å². The highest BCUT2D eigenvalue weighted by atomic mass is 15.1. The van der Waals surface area contributed by atoms with Gasteiger partial charge in [-0.15, -0.1) is 0 Å². The topological polar surface area (TPSA) is 54.7 Å². The number of nitrogens with one attached hydrogen (secondary N) is 1. The summed E-state index contributed by atoms with van der Waals surface area (Å²) in [6.45, 7) is 2.58. The monoisotopic (exact) mass is 215 g/mol. The largest absolute Gasteiger partial charge is 0.326 e. The van der Waals surface area contributed by atoms with Crippen molar-refractivity contribution in [3.63, 3.8) is 0 Å². The van der Waals surface area contributed by atoms with Gasteiger partial charge >= 0.3 is 0 Å². The molecule has 1 aromatic carbocycles. The third kappa shape index (κ3) is 2.31. The highest BCUT2D eigenvalue weighted by molar-refractivity contribution is 5.25. The Morgan fingerprint density at radius 3 is 2.62 bits per heavy atom. The minimum Gasteiger partial charge on any atom is -0.326 e. The van der Waals surface area contributed by atoms with Gasteiger partial charge in [-0.3, -0.25) is 5.10 Å². The van der Waals surface area contributed by atoms with E-state index in [-0.39, 0.29) is 0 Å². The molecule has 3 nitrogen and oxygen atoms in total. The van der Waals surface area contributed by atoms with Crippen molar-refractivity contribution >= 4 is 0 Å². The van der Waals surface area contributed by atoms with Gasteiger partial charge in [-0.25, -0.2) is 0 Å². The molecule has 3 heteroatoms. The average molecular weight is 215 g/mol. The Morgan fingerprint density at radius 1 is 1.19 bits per heavy atom. The standard InChI is InChI=1S/C13H17N3/c1-10-12(9-14)13(16-15-10)8-7-11-5-3-2-4-6-11/h2-6H,7-9,14H2,1H3,(H,15,16). The molecule has 0 saturated carbocycles. The van der Waals surface area contributed by atoms with Gasteiger partial charge in [0.1, 0.15) is 0 Å². The molecule has 0 aliphatic carbocycles. The van der Waals surface area contributed by atoms with Gasteiger partial charge in [-0.1, -0.05) is 30.3 Å². The zero-order chi connectivity index (χ0) is 11.4. The van der Waals surface area contributed by atoms with E-state index >= 15 is 0 Å². The van der Waals surface area contributed by atoms with Crippen molar-refractivity contribution in [1.29, 1.82) is 0 Å². The van der Waals surface area contributed by atoms with Crippen LogP contribution in [0.25, 0.3) is 0 Å². The van der Waals surface area contributed by atoms with E-state index in [2.05, 4.69) is 34.5 Å². The molecule has 1 aromatic heterocycles. The fourth-order valence-corrected chi connectivity index (χ4v) is 1.89. The van der Waals surface area contributed by atoms with Gasteiger partial charge in [-0.2, -0.15) is 5.10 Å². The van der Waals surface area contributed by atoms with Gasteiger partial charge in [-0.05, 0) is 25.3 Å². The second-order valence-corrected chi connectivity index (χ2v) is 3.96. The van der Waals surface area contributed by atoms with Crippen molar-refractivity contribution < 1.29 is 0 Å². The van der Waals surface area contributed by atoms with Crippen molar-refractivity contribution in [3.05, 3.63) is 52.8 Å². The summed E-state index contributed by atoms with van der Waals surface area (Å²) in [5.74, 6) is 0. The number of aromatic amines is 1. The quantitative estimate of drug-likeness (QED) is 0.819. The zero-order valence-corrected chi connectivity index (χ0v) is 9.53. The molecule has 0 bridgehead atoms. The van der Waals surface area contributed by atoms with Gasteiger partial charge in [0.2, 0.25) is 0 Å². The first-order chi connectivity index (χ1) is 7.81. The van der Waals surface area contributed by atoms with Gasteiger partial charge in [0.05, 0.1) is 5.69 Å². The Bertz CT molecular complexity index is 445. The number of aryl methyl sites for hydroxylation is 3. The molecule has 1 heterocycles. The number of hydrogen-bond acceptors (Lipinski definition) is 2.